The van der Waals surface area contributed by atoms with Crippen molar-refractivity contribution in [1.82, 2.24) is 0 Å². The van der Waals surface area contributed by atoms with Crippen LogP contribution < -0.4 is 0 Å². The molecule has 1 heterocycles. The molecular weight excluding hydrogens is 300 g/mol. The monoisotopic (exact) mass is 326 g/mol. The van der Waals surface area contributed by atoms with Crippen molar-refractivity contribution in [3.8, 4) is 11.5 Å². The van der Waals surface area contributed by atoms with Crippen molar-refractivity contribution in [2.75, 3.05) is 5.75 Å². The molecule has 1 aliphatic heterocycles. The predicted molar refractivity (Wildman–Crippen MR) is 103 cm³/mol. The van der Waals surface area contributed by atoms with E-state index in [4.69, 9.17) is 0 Å². The fourth-order valence-electron chi connectivity index (χ4n) is 2.96. The minimum absolute atomic E-state index is 0.168. The van der Waals surface area contributed by atoms with Gasteiger partial charge in [0.1, 0.15) is 8.07 Å². The van der Waals surface area contributed by atoms with Crippen molar-refractivity contribution in [2.24, 2.45) is 0 Å². The fraction of sp³-hybridized carbons (Fsp3) is 0.400. The molecule has 0 amide bonds. The molecule has 22 heavy (non-hydrogen) atoms. The zero-order valence-corrected chi connectivity index (χ0v) is 15.9. The number of allylic oxidation sites excluding steroid dienone is 2. The highest BCUT2D eigenvalue weighted by Crippen LogP contribution is 2.46. The lowest BCUT2D eigenvalue weighted by Crippen LogP contribution is -2.29. The Morgan fingerprint density at radius 2 is 1.91 bits per heavy atom. The molecule has 0 saturated heterocycles. The van der Waals surface area contributed by atoms with Gasteiger partial charge in [-0.25, -0.2) is 0 Å². The van der Waals surface area contributed by atoms with Gasteiger partial charge in [-0.1, -0.05) is 37.7 Å². The van der Waals surface area contributed by atoms with Gasteiger partial charge in [-0.15, -0.1) is 30.5 Å². The van der Waals surface area contributed by atoms with Crippen molar-refractivity contribution in [2.45, 2.75) is 49.2 Å². The summed E-state index contributed by atoms with van der Waals surface area (Å²) in [6.07, 6.45) is 7.33. The van der Waals surface area contributed by atoms with E-state index in [1.54, 1.807) is 0 Å². The van der Waals surface area contributed by atoms with Gasteiger partial charge < -0.3 is 0 Å². The molecule has 0 saturated carbocycles. The molecule has 0 fully saturated rings. The molecule has 2 heteroatoms. The summed E-state index contributed by atoms with van der Waals surface area (Å²) in [5.74, 6) is 4.58. The molecular formula is C20H26SSi. The Balaban J connectivity index is 2.49. The topological polar surface area (TPSA) is 0 Å². The van der Waals surface area contributed by atoms with Crippen molar-refractivity contribution < 1.29 is 0 Å². The molecule has 1 aliphatic rings. The van der Waals surface area contributed by atoms with Crippen LogP contribution >= 0.6 is 11.8 Å². The van der Waals surface area contributed by atoms with Crippen LogP contribution in [0, 0.1) is 11.5 Å². The number of hydrogen-bond donors (Lipinski definition) is 0. The number of thioether (sulfide) groups is 1. The quantitative estimate of drug-likeness (QED) is 0.383. The molecule has 2 rings (SSSR count). The van der Waals surface area contributed by atoms with Crippen LogP contribution in [0.2, 0.25) is 19.6 Å². The van der Waals surface area contributed by atoms with Gasteiger partial charge in [-0.3, -0.25) is 0 Å². The molecule has 116 valence electrons. The van der Waals surface area contributed by atoms with Crippen LogP contribution in [0.3, 0.4) is 0 Å². The van der Waals surface area contributed by atoms with Gasteiger partial charge in [0.05, 0.1) is 0 Å². The van der Waals surface area contributed by atoms with E-state index >= 15 is 0 Å². The maximum absolute atomic E-state index is 3.98. The van der Waals surface area contributed by atoms with E-state index in [2.05, 4.69) is 74.6 Å². The van der Waals surface area contributed by atoms with Crippen molar-refractivity contribution >= 4 is 19.8 Å². The molecule has 0 spiro atoms. The Labute approximate surface area is 141 Å². The third-order valence-corrected chi connectivity index (χ3v) is 5.99. The number of benzene rings is 1. The summed E-state index contributed by atoms with van der Waals surface area (Å²) in [5, 5.41) is 0. The van der Waals surface area contributed by atoms with Crippen LogP contribution in [-0.4, -0.2) is 13.8 Å². The lowest BCUT2D eigenvalue weighted by atomic mass is 9.72. The van der Waals surface area contributed by atoms with E-state index in [1.807, 2.05) is 11.8 Å². The number of rotatable bonds is 4. The van der Waals surface area contributed by atoms with E-state index in [0.29, 0.717) is 0 Å². The van der Waals surface area contributed by atoms with Crippen molar-refractivity contribution in [3.05, 3.63) is 54.6 Å². The predicted octanol–water partition coefficient (Wildman–Crippen LogP) is 5.80. The highest BCUT2D eigenvalue weighted by atomic mass is 32.2. The van der Waals surface area contributed by atoms with E-state index < -0.39 is 8.07 Å². The Morgan fingerprint density at radius 3 is 2.50 bits per heavy atom. The Bertz CT molecular complexity index is 615. The summed E-state index contributed by atoms with van der Waals surface area (Å²) < 4.78 is 0. The highest BCUT2D eigenvalue weighted by molar-refractivity contribution is 7.99. The first-order valence-corrected chi connectivity index (χ1v) is 12.4. The summed E-state index contributed by atoms with van der Waals surface area (Å²) in [6.45, 7) is 14.8. The third-order valence-electron chi connectivity index (χ3n) is 4.04. The average molecular weight is 327 g/mol. The zero-order valence-electron chi connectivity index (χ0n) is 14.0. The van der Waals surface area contributed by atoms with Crippen LogP contribution in [0.4, 0.5) is 0 Å². The SMILES string of the molecule is C=CCC1(CC=C)CCSc2ccc(C#C[Si](C)(C)C)cc21. The lowest BCUT2D eigenvalue weighted by molar-refractivity contribution is 0.411. The molecule has 0 radical (unpaired) electrons. The second-order valence-electron chi connectivity index (χ2n) is 7.08. The first-order chi connectivity index (χ1) is 10.4. The zero-order chi connectivity index (χ0) is 16.2. The standard InChI is InChI=1S/C20H26SSi/c1-6-11-20(12-7-2)13-14-21-19-9-8-17(16-18(19)20)10-15-22(3,4)5/h6-9,16H,1-2,11-14H2,3-5H3. The van der Waals surface area contributed by atoms with Crippen LogP contribution in [0.15, 0.2) is 48.4 Å². The van der Waals surface area contributed by atoms with E-state index in [9.17, 15) is 0 Å². The van der Waals surface area contributed by atoms with Gasteiger partial charge in [-0.2, -0.15) is 0 Å². The van der Waals surface area contributed by atoms with E-state index in [0.717, 1.165) is 18.4 Å². The second kappa shape index (κ2) is 6.94. The Morgan fingerprint density at radius 1 is 1.23 bits per heavy atom. The average Bonchev–Trinajstić information content (AvgIpc) is 2.45. The molecule has 0 N–H and O–H groups in total. The van der Waals surface area contributed by atoms with E-state index in [-0.39, 0.29) is 5.41 Å². The minimum Gasteiger partial charge on any atom is -0.127 e. The molecule has 1 aromatic carbocycles. The van der Waals surface area contributed by atoms with E-state index in [1.165, 1.54) is 22.6 Å². The number of fused-ring (bicyclic) bond motifs is 1. The first kappa shape index (κ1) is 17.2. The Kier molecular flexibility index (Phi) is 5.42. The molecule has 0 bridgehead atoms. The lowest BCUT2D eigenvalue weighted by Gasteiger charge is -2.38. The maximum Gasteiger partial charge on any atom is 0.129 e. The smallest absolute Gasteiger partial charge is 0.127 e. The Hall–Kier alpha value is -1.17. The summed E-state index contributed by atoms with van der Waals surface area (Å²) in [4.78, 5) is 1.41. The molecule has 0 nitrogen and oxygen atoms in total. The summed E-state index contributed by atoms with van der Waals surface area (Å²) in [7, 11) is -1.34. The normalized spacial score (nSPS) is 16.1. The van der Waals surface area contributed by atoms with Gasteiger partial charge in [0.2, 0.25) is 0 Å². The molecule has 0 unspecified atom stereocenters. The summed E-state index contributed by atoms with van der Waals surface area (Å²) in [6, 6.07) is 6.76. The molecule has 0 aliphatic carbocycles. The molecule has 1 aromatic rings. The van der Waals surface area contributed by atoms with Crippen LogP contribution in [-0.2, 0) is 5.41 Å². The molecule has 0 aromatic heterocycles. The fourth-order valence-corrected chi connectivity index (χ4v) is 4.79. The summed E-state index contributed by atoms with van der Waals surface area (Å²) >= 11 is 1.97. The first-order valence-electron chi connectivity index (χ1n) is 7.92. The van der Waals surface area contributed by atoms with Gasteiger partial charge >= 0.3 is 0 Å². The second-order valence-corrected chi connectivity index (χ2v) is 13.0. The summed E-state index contributed by atoms with van der Waals surface area (Å²) in [5.41, 5.74) is 6.25. The minimum atomic E-state index is -1.34. The van der Waals surface area contributed by atoms with Crippen LogP contribution in [0.1, 0.15) is 30.4 Å². The van der Waals surface area contributed by atoms with Gasteiger partial charge in [-0.05, 0) is 48.8 Å². The molecule has 0 atom stereocenters. The van der Waals surface area contributed by atoms with Gasteiger partial charge in [0.25, 0.3) is 0 Å². The number of hydrogen-bond acceptors (Lipinski definition) is 1. The van der Waals surface area contributed by atoms with Crippen molar-refractivity contribution in [3.63, 3.8) is 0 Å². The van der Waals surface area contributed by atoms with Gasteiger partial charge in [0, 0.05) is 15.9 Å². The van der Waals surface area contributed by atoms with Crippen LogP contribution in [0.25, 0.3) is 0 Å². The van der Waals surface area contributed by atoms with Gasteiger partial charge in [0.15, 0.2) is 0 Å². The maximum atomic E-state index is 3.98. The highest BCUT2D eigenvalue weighted by Gasteiger charge is 2.34. The third kappa shape index (κ3) is 3.97. The van der Waals surface area contributed by atoms with Crippen LogP contribution in [0.5, 0.6) is 0 Å². The largest absolute Gasteiger partial charge is 0.129 e. The van der Waals surface area contributed by atoms with Crippen molar-refractivity contribution in [1.29, 1.82) is 0 Å².